The first-order chi connectivity index (χ1) is 14.4. The van der Waals surface area contributed by atoms with Crippen LogP contribution in [0.2, 0.25) is 10.0 Å². The standard InChI is InChI=1S/C13H15Cl2NO.C11H11NO/c14-11-6-5-10(8-12(11)15)9-16-7-3-1-2-4-13(16)17;1-8-3-5-10(6-4-8)11-7-12-9(2)13-11/h5-6,8H,1-4,7,9H2;3-7H,1-2H3. The highest BCUT2D eigenvalue weighted by atomic mass is 35.5. The lowest BCUT2D eigenvalue weighted by molar-refractivity contribution is -0.131. The molecule has 1 fully saturated rings. The molecule has 1 aromatic heterocycles. The molecule has 3 aromatic rings. The Morgan fingerprint density at radius 2 is 1.77 bits per heavy atom. The fourth-order valence-electron chi connectivity index (χ4n) is 3.28. The molecule has 0 aliphatic carbocycles. The van der Waals surface area contributed by atoms with Crippen molar-refractivity contribution in [2.45, 2.75) is 46.1 Å². The topological polar surface area (TPSA) is 46.3 Å². The maximum Gasteiger partial charge on any atom is 0.222 e. The predicted molar refractivity (Wildman–Crippen MR) is 122 cm³/mol. The number of hydrogen-bond acceptors (Lipinski definition) is 3. The van der Waals surface area contributed by atoms with Crippen LogP contribution in [0.5, 0.6) is 0 Å². The number of likely N-dealkylation sites (tertiary alicyclic amines) is 1. The van der Waals surface area contributed by atoms with E-state index in [0.29, 0.717) is 28.9 Å². The maximum atomic E-state index is 11.8. The lowest BCUT2D eigenvalue weighted by Crippen LogP contribution is -2.29. The second-order valence-electron chi connectivity index (χ2n) is 7.48. The molecule has 30 heavy (non-hydrogen) atoms. The highest BCUT2D eigenvalue weighted by Crippen LogP contribution is 2.24. The molecule has 0 unspecified atom stereocenters. The Bertz CT molecular complexity index is 983. The minimum atomic E-state index is 0.244. The molecular formula is C24H26Cl2N2O2. The largest absolute Gasteiger partial charge is 0.441 e. The first-order valence-corrected chi connectivity index (χ1v) is 10.9. The molecule has 0 saturated carbocycles. The van der Waals surface area contributed by atoms with E-state index in [4.69, 9.17) is 27.6 Å². The van der Waals surface area contributed by atoms with Crippen LogP contribution >= 0.6 is 23.2 Å². The van der Waals surface area contributed by atoms with Crippen LogP contribution in [0.3, 0.4) is 0 Å². The van der Waals surface area contributed by atoms with E-state index in [1.54, 1.807) is 12.3 Å². The number of carbonyl (C=O) groups excluding carboxylic acids is 1. The number of aryl methyl sites for hydroxylation is 2. The molecule has 2 heterocycles. The van der Waals surface area contributed by atoms with Gasteiger partial charge in [-0.1, -0.05) is 65.5 Å². The molecule has 158 valence electrons. The van der Waals surface area contributed by atoms with E-state index in [1.165, 1.54) is 5.56 Å². The van der Waals surface area contributed by atoms with Crippen molar-refractivity contribution in [1.29, 1.82) is 0 Å². The summed E-state index contributed by atoms with van der Waals surface area (Å²) < 4.78 is 5.40. The summed E-state index contributed by atoms with van der Waals surface area (Å²) in [5, 5.41) is 1.10. The van der Waals surface area contributed by atoms with Gasteiger partial charge in [0.1, 0.15) is 0 Å². The molecule has 0 atom stereocenters. The van der Waals surface area contributed by atoms with Gasteiger partial charge in [-0.3, -0.25) is 4.79 Å². The summed E-state index contributed by atoms with van der Waals surface area (Å²) in [6, 6.07) is 13.7. The van der Waals surface area contributed by atoms with Crippen LogP contribution in [0.25, 0.3) is 11.3 Å². The van der Waals surface area contributed by atoms with Crippen LogP contribution in [0.1, 0.15) is 42.7 Å². The van der Waals surface area contributed by atoms with Gasteiger partial charge in [-0.2, -0.15) is 0 Å². The lowest BCUT2D eigenvalue weighted by atomic mass is 10.1. The van der Waals surface area contributed by atoms with E-state index in [2.05, 4.69) is 24.0 Å². The number of aromatic nitrogens is 1. The van der Waals surface area contributed by atoms with Gasteiger partial charge in [-0.15, -0.1) is 0 Å². The van der Waals surface area contributed by atoms with E-state index in [1.807, 2.05) is 36.1 Å². The number of oxazole rings is 1. The SMILES string of the molecule is Cc1ccc(-c2cnc(C)o2)cc1.O=C1CCCCCN1Cc1ccc(Cl)c(Cl)c1. The molecule has 0 bridgehead atoms. The summed E-state index contributed by atoms with van der Waals surface area (Å²) >= 11 is 11.8. The van der Waals surface area contributed by atoms with Gasteiger partial charge in [-0.25, -0.2) is 4.98 Å². The van der Waals surface area contributed by atoms with Crippen molar-refractivity contribution in [1.82, 2.24) is 9.88 Å². The Hall–Kier alpha value is -2.30. The van der Waals surface area contributed by atoms with Crippen LogP contribution in [0.4, 0.5) is 0 Å². The third-order valence-corrected chi connectivity index (χ3v) is 5.73. The number of benzene rings is 2. The van der Waals surface area contributed by atoms with Gasteiger partial charge in [0.25, 0.3) is 0 Å². The van der Waals surface area contributed by atoms with Crippen LogP contribution < -0.4 is 0 Å². The fraction of sp³-hybridized carbons (Fsp3) is 0.333. The highest BCUT2D eigenvalue weighted by Gasteiger charge is 2.16. The van der Waals surface area contributed by atoms with Crippen LogP contribution in [0, 0.1) is 13.8 Å². The van der Waals surface area contributed by atoms with E-state index < -0.39 is 0 Å². The van der Waals surface area contributed by atoms with Crippen molar-refractivity contribution in [3.63, 3.8) is 0 Å². The van der Waals surface area contributed by atoms with Gasteiger partial charge in [0.05, 0.1) is 16.2 Å². The first kappa shape index (κ1) is 22.4. The summed E-state index contributed by atoms with van der Waals surface area (Å²) in [6.45, 7) is 5.39. The molecular weight excluding hydrogens is 419 g/mol. The molecule has 4 nitrogen and oxygen atoms in total. The van der Waals surface area contributed by atoms with Gasteiger partial charge in [-0.05, 0) is 37.5 Å². The van der Waals surface area contributed by atoms with E-state index in [0.717, 1.165) is 42.7 Å². The third kappa shape index (κ3) is 6.35. The molecule has 4 rings (SSSR count). The Labute approximate surface area is 187 Å². The second kappa shape index (κ2) is 10.6. The van der Waals surface area contributed by atoms with Gasteiger partial charge >= 0.3 is 0 Å². The number of halogens is 2. The maximum absolute atomic E-state index is 11.8. The van der Waals surface area contributed by atoms with Crippen molar-refractivity contribution >= 4 is 29.1 Å². The summed E-state index contributed by atoms with van der Waals surface area (Å²) in [5.41, 5.74) is 3.36. The minimum Gasteiger partial charge on any atom is -0.441 e. The number of amides is 1. The lowest BCUT2D eigenvalue weighted by Gasteiger charge is -2.20. The van der Waals surface area contributed by atoms with Crippen LogP contribution in [-0.4, -0.2) is 22.3 Å². The molecule has 6 heteroatoms. The average Bonchev–Trinajstić information content (AvgIpc) is 3.06. The zero-order chi connectivity index (χ0) is 21.5. The average molecular weight is 445 g/mol. The summed E-state index contributed by atoms with van der Waals surface area (Å²) in [7, 11) is 0. The molecule has 2 aromatic carbocycles. The summed E-state index contributed by atoms with van der Waals surface area (Å²) in [4.78, 5) is 17.8. The molecule has 0 N–H and O–H groups in total. The third-order valence-electron chi connectivity index (χ3n) is 4.99. The smallest absolute Gasteiger partial charge is 0.222 e. The number of carbonyl (C=O) groups is 1. The number of hydrogen-bond donors (Lipinski definition) is 0. The zero-order valence-corrected chi connectivity index (χ0v) is 18.8. The molecule has 1 amide bonds. The Balaban J connectivity index is 0.000000177. The number of rotatable bonds is 3. The fourth-order valence-corrected chi connectivity index (χ4v) is 3.60. The van der Waals surface area contributed by atoms with E-state index in [-0.39, 0.29) is 5.91 Å². The van der Waals surface area contributed by atoms with Crippen LogP contribution in [-0.2, 0) is 11.3 Å². The summed E-state index contributed by atoms with van der Waals surface area (Å²) in [6.07, 6.45) is 5.66. The Morgan fingerprint density at radius 3 is 2.43 bits per heavy atom. The van der Waals surface area contributed by atoms with Crippen molar-refractivity contribution in [2.75, 3.05) is 6.54 Å². The van der Waals surface area contributed by atoms with Crippen molar-refractivity contribution in [3.05, 3.63) is 75.7 Å². The minimum absolute atomic E-state index is 0.244. The zero-order valence-electron chi connectivity index (χ0n) is 17.3. The highest BCUT2D eigenvalue weighted by molar-refractivity contribution is 6.42. The van der Waals surface area contributed by atoms with E-state index >= 15 is 0 Å². The molecule has 0 radical (unpaired) electrons. The van der Waals surface area contributed by atoms with Gasteiger partial charge in [0, 0.05) is 32.0 Å². The molecule has 0 spiro atoms. The predicted octanol–water partition coefficient (Wildman–Crippen LogP) is 6.85. The second-order valence-corrected chi connectivity index (χ2v) is 8.30. The van der Waals surface area contributed by atoms with Gasteiger partial charge < -0.3 is 9.32 Å². The van der Waals surface area contributed by atoms with Gasteiger partial charge in [0.2, 0.25) is 5.91 Å². The van der Waals surface area contributed by atoms with Crippen LogP contribution in [0.15, 0.2) is 53.1 Å². The Morgan fingerprint density at radius 1 is 1.00 bits per heavy atom. The number of nitrogens with zero attached hydrogens (tertiary/aromatic N) is 2. The van der Waals surface area contributed by atoms with Crippen molar-refractivity contribution in [3.8, 4) is 11.3 Å². The Kier molecular flexibility index (Phi) is 7.94. The van der Waals surface area contributed by atoms with Crippen molar-refractivity contribution in [2.24, 2.45) is 0 Å². The van der Waals surface area contributed by atoms with Crippen molar-refractivity contribution < 1.29 is 9.21 Å². The summed E-state index contributed by atoms with van der Waals surface area (Å²) in [5.74, 6) is 1.78. The molecule has 1 aliphatic rings. The van der Waals surface area contributed by atoms with E-state index in [9.17, 15) is 4.79 Å². The quantitative estimate of drug-likeness (QED) is 0.443. The normalized spacial score (nSPS) is 14.1. The molecule has 1 aliphatic heterocycles. The molecule has 1 saturated heterocycles. The van der Waals surface area contributed by atoms with Gasteiger partial charge in [0.15, 0.2) is 11.7 Å². The monoisotopic (exact) mass is 444 g/mol. The first-order valence-electron chi connectivity index (χ1n) is 10.1.